The van der Waals surface area contributed by atoms with Crippen molar-refractivity contribution in [2.45, 2.75) is 5.60 Å². The first-order chi connectivity index (χ1) is 5.24. The van der Waals surface area contributed by atoms with E-state index in [2.05, 4.69) is 0 Å². The smallest absolute Gasteiger partial charge is 0.126 e. The second-order valence-electron chi connectivity index (χ2n) is 2.46. The quantitative estimate of drug-likeness (QED) is 0.580. The molecule has 0 aliphatic carbocycles. The molecule has 0 fully saturated rings. The Morgan fingerprint density at radius 3 is 1.73 bits per heavy atom. The fourth-order valence-electron chi connectivity index (χ4n) is 0.887. The Labute approximate surface area is 67.6 Å². The van der Waals surface area contributed by atoms with E-state index >= 15 is 0 Å². The van der Waals surface area contributed by atoms with Crippen LogP contribution in [0.4, 0.5) is 0 Å². The Balaban J connectivity index is 3.96. The highest BCUT2D eigenvalue weighted by Gasteiger charge is 2.27. The highest BCUT2D eigenvalue weighted by atomic mass is 16.6. The van der Waals surface area contributed by atoms with Crippen LogP contribution in [0.15, 0.2) is 0 Å². The average molecular weight is 163 g/mol. The molecule has 4 heteroatoms. The van der Waals surface area contributed by atoms with Crippen molar-refractivity contribution in [3.8, 4) is 0 Å². The zero-order valence-electron chi connectivity index (χ0n) is 7.42. The topological polar surface area (TPSA) is 53.7 Å². The molecule has 0 amide bonds. The number of nitrogens with two attached hydrogens (primary N) is 1. The molecular weight excluding hydrogens is 146 g/mol. The molecular formula is C7H17NO3. The molecule has 0 saturated heterocycles. The highest BCUT2D eigenvalue weighted by molar-refractivity contribution is 4.80. The second-order valence-corrected chi connectivity index (χ2v) is 2.46. The van der Waals surface area contributed by atoms with Gasteiger partial charge in [-0.1, -0.05) is 0 Å². The van der Waals surface area contributed by atoms with Crippen LogP contribution >= 0.6 is 0 Å². The number of ether oxygens (including phenoxy) is 3. The second kappa shape index (κ2) is 5.49. The van der Waals surface area contributed by atoms with Crippen molar-refractivity contribution in [3.05, 3.63) is 0 Å². The Morgan fingerprint density at radius 2 is 1.55 bits per heavy atom. The molecule has 0 aromatic heterocycles. The molecule has 0 aromatic rings. The van der Waals surface area contributed by atoms with Gasteiger partial charge in [0.1, 0.15) is 5.60 Å². The molecule has 0 spiro atoms. The number of hydrogen-bond acceptors (Lipinski definition) is 4. The van der Waals surface area contributed by atoms with Crippen LogP contribution in [0.5, 0.6) is 0 Å². The first kappa shape index (κ1) is 10.8. The minimum atomic E-state index is -0.483. The van der Waals surface area contributed by atoms with Crippen molar-refractivity contribution < 1.29 is 14.2 Å². The summed E-state index contributed by atoms with van der Waals surface area (Å²) < 4.78 is 15.1. The van der Waals surface area contributed by atoms with Gasteiger partial charge in [0.15, 0.2) is 0 Å². The molecule has 0 aromatic carbocycles. The molecule has 0 atom stereocenters. The molecule has 2 N–H and O–H groups in total. The lowest BCUT2D eigenvalue weighted by molar-refractivity contribution is -0.0964. The highest BCUT2D eigenvalue weighted by Crippen LogP contribution is 2.08. The van der Waals surface area contributed by atoms with E-state index in [4.69, 9.17) is 19.9 Å². The lowest BCUT2D eigenvalue weighted by Crippen LogP contribution is -2.48. The van der Waals surface area contributed by atoms with E-state index < -0.39 is 5.60 Å². The summed E-state index contributed by atoms with van der Waals surface area (Å²) in [5.41, 5.74) is 5.02. The van der Waals surface area contributed by atoms with Crippen LogP contribution in [0.2, 0.25) is 0 Å². The van der Waals surface area contributed by atoms with Crippen molar-refractivity contribution in [1.82, 2.24) is 0 Å². The summed E-state index contributed by atoms with van der Waals surface area (Å²) in [5.74, 6) is 0. The van der Waals surface area contributed by atoms with Gasteiger partial charge >= 0.3 is 0 Å². The van der Waals surface area contributed by atoms with E-state index in [1.165, 1.54) is 0 Å². The van der Waals surface area contributed by atoms with Gasteiger partial charge in [-0.15, -0.1) is 0 Å². The van der Waals surface area contributed by atoms with E-state index in [1.807, 2.05) is 0 Å². The number of rotatable bonds is 6. The van der Waals surface area contributed by atoms with Gasteiger partial charge in [-0.25, -0.2) is 0 Å². The summed E-state index contributed by atoms with van der Waals surface area (Å²) in [5, 5.41) is 0. The first-order valence-electron chi connectivity index (χ1n) is 3.48. The van der Waals surface area contributed by atoms with Crippen molar-refractivity contribution in [2.75, 3.05) is 41.1 Å². The van der Waals surface area contributed by atoms with E-state index in [0.29, 0.717) is 19.8 Å². The molecule has 0 aliphatic rings. The maximum absolute atomic E-state index is 5.51. The summed E-state index contributed by atoms with van der Waals surface area (Å²) in [4.78, 5) is 0. The standard InChI is InChI=1S/C7H17NO3/c1-9-5-7(4-8,11-3)6-10-2/h4-6,8H2,1-3H3. The molecule has 0 bridgehead atoms. The minimum absolute atomic E-state index is 0.394. The van der Waals surface area contributed by atoms with Gasteiger partial charge in [-0.3, -0.25) is 0 Å². The van der Waals surface area contributed by atoms with Gasteiger partial charge in [-0.2, -0.15) is 0 Å². The maximum atomic E-state index is 5.51. The van der Waals surface area contributed by atoms with Gasteiger partial charge in [0.05, 0.1) is 13.2 Å². The van der Waals surface area contributed by atoms with Crippen LogP contribution in [0.3, 0.4) is 0 Å². The van der Waals surface area contributed by atoms with Gasteiger partial charge in [0.2, 0.25) is 0 Å². The van der Waals surface area contributed by atoms with Gasteiger partial charge in [-0.05, 0) is 0 Å². The molecule has 11 heavy (non-hydrogen) atoms. The Morgan fingerprint density at radius 1 is 1.09 bits per heavy atom. The molecule has 4 nitrogen and oxygen atoms in total. The predicted molar refractivity (Wildman–Crippen MR) is 42.5 cm³/mol. The summed E-state index contributed by atoms with van der Waals surface area (Å²) in [6.45, 7) is 1.30. The van der Waals surface area contributed by atoms with E-state index in [9.17, 15) is 0 Å². The summed E-state index contributed by atoms with van der Waals surface area (Å²) in [7, 11) is 4.82. The largest absolute Gasteiger partial charge is 0.382 e. The summed E-state index contributed by atoms with van der Waals surface area (Å²) >= 11 is 0. The van der Waals surface area contributed by atoms with Crippen LogP contribution in [0.1, 0.15) is 0 Å². The van der Waals surface area contributed by atoms with E-state index in [-0.39, 0.29) is 0 Å². The zero-order chi connectivity index (χ0) is 8.74. The Bertz CT molecular complexity index is 85.7. The first-order valence-corrected chi connectivity index (χ1v) is 3.48. The fraction of sp³-hybridized carbons (Fsp3) is 1.00. The third kappa shape index (κ3) is 3.16. The lowest BCUT2D eigenvalue weighted by atomic mass is 10.1. The predicted octanol–water partition coefficient (Wildman–Crippen LogP) is -0.377. The minimum Gasteiger partial charge on any atom is -0.382 e. The van der Waals surface area contributed by atoms with Crippen molar-refractivity contribution in [2.24, 2.45) is 5.73 Å². The molecule has 0 saturated carbocycles. The molecule has 68 valence electrons. The third-order valence-corrected chi connectivity index (χ3v) is 1.62. The van der Waals surface area contributed by atoms with Crippen LogP contribution < -0.4 is 5.73 Å². The normalized spacial score (nSPS) is 12.0. The summed E-state index contributed by atoms with van der Waals surface area (Å²) in [6.07, 6.45) is 0. The lowest BCUT2D eigenvalue weighted by Gasteiger charge is -2.29. The van der Waals surface area contributed by atoms with Crippen LogP contribution in [-0.2, 0) is 14.2 Å². The van der Waals surface area contributed by atoms with E-state index in [0.717, 1.165) is 0 Å². The number of methoxy groups -OCH3 is 3. The third-order valence-electron chi connectivity index (χ3n) is 1.62. The van der Waals surface area contributed by atoms with E-state index in [1.54, 1.807) is 21.3 Å². The van der Waals surface area contributed by atoms with Gasteiger partial charge in [0.25, 0.3) is 0 Å². The monoisotopic (exact) mass is 163 g/mol. The van der Waals surface area contributed by atoms with Gasteiger partial charge in [0, 0.05) is 27.9 Å². The van der Waals surface area contributed by atoms with Crippen molar-refractivity contribution in [1.29, 1.82) is 0 Å². The SMILES string of the molecule is COCC(CN)(COC)OC. The average Bonchev–Trinajstić information content (AvgIpc) is 2.04. The summed E-state index contributed by atoms with van der Waals surface area (Å²) in [6, 6.07) is 0. The zero-order valence-corrected chi connectivity index (χ0v) is 7.42. The van der Waals surface area contributed by atoms with Crippen LogP contribution in [0.25, 0.3) is 0 Å². The number of hydrogen-bond donors (Lipinski definition) is 1. The molecule has 0 unspecified atom stereocenters. The molecule has 0 heterocycles. The van der Waals surface area contributed by atoms with Crippen molar-refractivity contribution >= 4 is 0 Å². The van der Waals surface area contributed by atoms with Crippen LogP contribution in [-0.4, -0.2) is 46.7 Å². The molecule has 0 aliphatic heterocycles. The van der Waals surface area contributed by atoms with Gasteiger partial charge < -0.3 is 19.9 Å². The Hall–Kier alpha value is -0.160. The maximum Gasteiger partial charge on any atom is 0.126 e. The van der Waals surface area contributed by atoms with Crippen molar-refractivity contribution in [3.63, 3.8) is 0 Å². The van der Waals surface area contributed by atoms with Crippen LogP contribution in [0, 0.1) is 0 Å². The fourth-order valence-corrected chi connectivity index (χ4v) is 0.887. The molecule has 0 rings (SSSR count). The Kier molecular flexibility index (Phi) is 5.41. The molecule has 0 radical (unpaired) electrons.